The van der Waals surface area contributed by atoms with Gasteiger partial charge in [-0.05, 0) is 18.6 Å². The van der Waals surface area contributed by atoms with Gasteiger partial charge in [0.1, 0.15) is 11.8 Å². The number of rotatable bonds is 1. The summed E-state index contributed by atoms with van der Waals surface area (Å²) in [5.74, 6) is -2.83. The van der Waals surface area contributed by atoms with Crippen molar-refractivity contribution in [3.05, 3.63) is 23.3 Å². The molecule has 0 radical (unpaired) electrons. The molecule has 0 bridgehead atoms. The minimum Gasteiger partial charge on any atom is -0.506 e. The fourth-order valence-electron chi connectivity index (χ4n) is 2.57. The van der Waals surface area contributed by atoms with Gasteiger partial charge in [0, 0.05) is 6.42 Å². The quantitative estimate of drug-likeness (QED) is 0.359. The van der Waals surface area contributed by atoms with Crippen LogP contribution in [0.1, 0.15) is 33.6 Å². The summed E-state index contributed by atoms with van der Waals surface area (Å²) in [5.41, 5.74) is 5.37. The van der Waals surface area contributed by atoms with Gasteiger partial charge in [-0.3, -0.25) is 29.4 Å². The molecule has 2 aliphatic rings. The fraction of sp³-hybridized carbons (Fsp3) is 0.231. The first-order valence-electron chi connectivity index (χ1n) is 6.25. The van der Waals surface area contributed by atoms with E-state index in [4.69, 9.17) is 5.73 Å². The number of benzene rings is 1. The van der Waals surface area contributed by atoms with Gasteiger partial charge in [0.05, 0.1) is 16.8 Å². The number of nitrogen functional groups attached to an aromatic ring is 1. The number of imide groups is 2. The minimum atomic E-state index is -1.04. The van der Waals surface area contributed by atoms with E-state index in [1.54, 1.807) is 0 Å². The standard InChI is InChI=1S/C13H11N3O5/c14-10-7(17)3-1-5-9(10)13(21)16(12(5)20)6-2-4-8(18)15-11(6)19/h1,3,6,17H,2,4,14H2,(H,15,18,19). The van der Waals surface area contributed by atoms with Crippen LogP contribution in [-0.4, -0.2) is 39.7 Å². The zero-order chi connectivity index (χ0) is 15.3. The Labute approximate surface area is 118 Å². The van der Waals surface area contributed by atoms with Gasteiger partial charge in [-0.15, -0.1) is 0 Å². The molecule has 1 aromatic carbocycles. The van der Waals surface area contributed by atoms with Crippen molar-refractivity contribution in [1.29, 1.82) is 0 Å². The molecule has 2 aliphatic heterocycles. The number of phenolic OH excluding ortho intramolecular Hbond substituents is 1. The summed E-state index contributed by atoms with van der Waals surface area (Å²) in [5, 5.41) is 11.6. The number of anilines is 1. The fourth-order valence-corrected chi connectivity index (χ4v) is 2.57. The summed E-state index contributed by atoms with van der Waals surface area (Å²) in [4.78, 5) is 48.4. The highest BCUT2D eigenvalue weighted by atomic mass is 16.3. The largest absolute Gasteiger partial charge is 0.506 e. The van der Waals surface area contributed by atoms with E-state index in [-0.39, 0.29) is 35.4 Å². The zero-order valence-corrected chi connectivity index (χ0v) is 10.8. The molecule has 108 valence electrons. The van der Waals surface area contributed by atoms with Crippen molar-refractivity contribution in [2.45, 2.75) is 18.9 Å². The average Bonchev–Trinajstić information content (AvgIpc) is 2.67. The van der Waals surface area contributed by atoms with Gasteiger partial charge in [0.2, 0.25) is 11.8 Å². The maximum absolute atomic E-state index is 12.4. The predicted octanol–water partition coefficient (Wildman–Crippen LogP) is -0.624. The highest BCUT2D eigenvalue weighted by Gasteiger charge is 2.45. The summed E-state index contributed by atoms with van der Waals surface area (Å²) in [6.07, 6.45) is 0.118. The second-order valence-electron chi connectivity index (χ2n) is 4.87. The number of hydrogen-bond donors (Lipinski definition) is 3. The molecule has 0 spiro atoms. The van der Waals surface area contributed by atoms with Crippen LogP contribution in [0.25, 0.3) is 0 Å². The lowest BCUT2D eigenvalue weighted by Gasteiger charge is -2.27. The Morgan fingerprint density at radius 3 is 2.57 bits per heavy atom. The third kappa shape index (κ3) is 1.76. The van der Waals surface area contributed by atoms with Crippen LogP contribution < -0.4 is 11.1 Å². The molecule has 1 atom stereocenters. The monoisotopic (exact) mass is 289 g/mol. The summed E-state index contributed by atoms with van der Waals surface area (Å²) in [6, 6.07) is 1.46. The van der Waals surface area contributed by atoms with E-state index in [0.29, 0.717) is 0 Å². The number of piperidine rings is 1. The molecule has 8 nitrogen and oxygen atoms in total. The molecule has 8 heteroatoms. The first-order chi connectivity index (χ1) is 9.91. The van der Waals surface area contributed by atoms with E-state index in [0.717, 1.165) is 4.90 Å². The van der Waals surface area contributed by atoms with Gasteiger partial charge in [0.25, 0.3) is 11.8 Å². The summed E-state index contributed by atoms with van der Waals surface area (Å²) < 4.78 is 0. The molecule has 1 saturated heterocycles. The Morgan fingerprint density at radius 1 is 1.19 bits per heavy atom. The number of phenols is 1. The van der Waals surface area contributed by atoms with Crippen molar-refractivity contribution in [2.24, 2.45) is 0 Å². The molecular formula is C13H11N3O5. The number of carbonyl (C=O) groups is 4. The van der Waals surface area contributed by atoms with Crippen LogP contribution >= 0.6 is 0 Å². The van der Waals surface area contributed by atoms with Crippen molar-refractivity contribution in [2.75, 3.05) is 5.73 Å². The maximum Gasteiger partial charge on any atom is 0.264 e. The molecule has 21 heavy (non-hydrogen) atoms. The molecule has 4 N–H and O–H groups in total. The van der Waals surface area contributed by atoms with E-state index in [2.05, 4.69) is 5.32 Å². The van der Waals surface area contributed by atoms with Crippen molar-refractivity contribution in [3.63, 3.8) is 0 Å². The van der Waals surface area contributed by atoms with Crippen LogP contribution in [0.4, 0.5) is 5.69 Å². The number of fused-ring (bicyclic) bond motifs is 1. The number of nitrogens with zero attached hydrogens (tertiary/aromatic N) is 1. The molecule has 1 fully saturated rings. The van der Waals surface area contributed by atoms with Gasteiger partial charge >= 0.3 is 0 Å². The second kappa shape index (κ2) is 4.30. The highest BCUT2D eigenvalue weighted by Crippen LogP contribution is 2.35. The van der Waals surface area contributed by atoms with Gasteiger partial charge in [0.15, 0.2) is 0 Å². The van der Waals surface area contributed by atoms with Crippen LogP contribution in [0.5, 0.6) is 5.75 Å². The van der Waals surface area contributed by atoms with Crippen molar-refractivity contribution in [3.8, 4) is 5.75 Å². The smallest absolute Gasteiger partial charge is 0.264 e. The molecule has 1 aromatic rings. The summed E-state index contributed by atoms with van der Waals surface area (Å²) in [6.45, 7) is 0. The first-order valence-corrected chi connectivity index (χ1v) is 6.25. The van der Waals surface area contributed by atoms with E-state index < -0.39 is 29.7 Å². The molecule has 4 amide bonds. The minimum absolute atomic E-state index is 0.0417. The van der Waals surface area contributed by atoms with Gasteiger partial charge in [-0.1, -0.05) is 0 Å². The Kier molecular flexibility index (Phi) is 2.68. The summed E-state index contributed by atoms with van der Waals surface area (Å²) >= 11 is 0. The SMILES string of the molecule is Nc1c(O)ccc2c1C(=O)N(C1CCC(=O)NC1=O)C2=O. The topological polar surface area (TPSA) is 130 Å². The second-order valence-corrected chi connectivity index (χ2v) is 4.87. The van der Waals surface area contributed by atoms with E-state index >= 15 is 0 Å². The lowest BCUT2D eigenvalue weighted by molar-refractivity contribution is -0.136. The van der Waals surface area contributed by atoms with E-state index in [1.165, 1.54) is 12.1 Å². The Balaban J connectivity index is 2.02. The van der Waals surface area contributed by atoms with Crippen molar-refractivity contribution >= 4 is 29.3 Å². The normalized spacial score (nSPS) is 21.5. The highest BCUT2D eigenvalue weighted by molar-refractivity contribution is 6.25. The average molecular weight is 289 g/mol. The third-order valence-corrected chi connectivity index (χ3v) is 3.63. The third-order valence-electron chi connectivity index (χ3n) is 3.63. The molecule has 1 unspecified atom stereocenters. The lowest BCUT2D eigenvalue weighted by atomic mass is 10.0. The van der Waals surface area contributed by atoms with Gasteiger partial charge in [-0.25, -0.2) is 0 Å². The Morgan fingerprint density at radius 2 is 1.90 bits per heavy atom. The predicted molar refractivity (Wildman–Crippen MR) is 69.2 cm³/mol. The van der Waals surface area contributed by atoms with Gasteiger partial charge < -0.3 is 10.8 Å². The number of nitrogens with two attached hydrogens (primary N) is 1. The molecule has 0 aliphatic carbocycles. The van der Waals surface area contributed by atoms with Crippen LogP contribution in [0, 0.1) is 0 Å². The Hall–Kier alpha value is -2.90. The van der Waals surface area contributed by atoms with Crippen molar-refractivity contribution < 1.29 is 24.3 Å². The van der Waals surface area contributed by atoms with Crippen molar-refractivity contribution in [1.82, 2.24) is 10.2 Å². The summed E-state index contributed by atoms with van der Waals surface area (Å²) in [7, 11) is 0. The lowest BCUT2D eigenvalue weighted by Crippen LogP contribution is -2.54. The number of amides is 4. The molecule has 0 aromatic heterocycles. The van der Waals surface area contributed by atoms with Crippen LogP contribution in [-0.2, 0) is 9.59 Å². The molecular weight excluding hydrogens is 278 g/mol. The number of hydrogen-bond acceptors (Lipinski definition) is 6. The molecule has 0 saturated carbocycles. The number of aromatic hydroxyl groups is 1. The number of carbonyl (C=O) groups excluding carboxylic acids is 4. The van der Waals surface area contributed by atoms with Crippen LogP contribution in [0.3, 0.4) is 0 Å². The van der Waals surface area contributed by atoms with Crippen LogP contribution in [0.15, 0.2) is 12.1 Å². The van der Waals surface area contributed by atoms with E-state index in [9.17, 15) is 24.3 Å². The van der Waals surface area contributed by atoms with Crippen LogP contribution in [0.2, 0.25) is 0 Å². The molecule has 2 heterocycles. The Bertz CT molecular complexity index is 712. The zero-order valence-electron chi connectivity index (χ0n) is 10.8. The maximum atomic E-state index is 12.4. The van der Waals surface area contributed by atoms with E-state index in [1.807, 2.05) is 0 Å². The first kappa shape index (κ1) is 13.1. The number of nitrogens with one attached hydrogen (secondary N) is 1. The molecule has 3 rings (SSSR count). The van der Waals surface area contributed by atoms with Gasteiger partial charge in [-0.2, -0.15) is 0 Å².